The quantitative estimate of drug-likeness (QED) is 0.783. The van der Waals surface area contributed by atoms with E-state index in [1.807, 2.05) is 11.3 Å². The van der Waals surface area contributed by atoms with E-state index >= 15 is 0 Å². The molecule has 0 saturated carbocycles. The molecule has 0 radical (unpaired) electrons. The number of rotatable bonds is 6. The van der Waals surface area contributed by atoms with Gasteiger partial charge < -0.3 is 5.32 Å². The normalized spacial score (nSPS) is 20.5. The van der Waals surface area contributed by atoms with Crippen molar-refractivity contribution < 1.29 is 0 Å². The largest absolute Gasteiger partial charge is 0.317 e. The van der Waals surface area contributed by atoms with Gasteiger partial charge in [0.05, 0.1) is 0 Å². The minimum atomic E-state index is 0.621. The van der Waals surface area contributed by atoms with E-state index in [0.717, 1.165) is 13.1 Å². The van der Waals surface area contributed by atoms with Crippen molar-refractivity contribution in [3.8, 4) is 0 Å². The van der Waals surface area contributed by atoms with Crippen molar-refractivity contribution in [3.05, 3.63) is 21.9 Å². The van der Waals surface area contributed by atoms with Crippen LogP contribution in [0, 0.1) is 0 Å². The molecule has 0 fully saturated rings. The number of hydrogen-bond donors (Lipinski definition) is 1. The first kappa shape index (κ1) is 13.1. The van der Waals surface area contributed by atoms with Crippen molar-refractivity contribution in [2.45, 2.75) is 39.2 Å². The van der Waals surface area contributed by atoms with Crippen molar-refractivity contribution in [2.75, 3.05) is 26.2 Å². The molecule has 1 aromatic heterocycles. The zero-order valence-corrected chi connectivity index (χ0v) is 11.9. The molecule has 0 aliphatic carbocycles. The number of nitrogens with one attached hydrogen (secondary N) is 1. The van der Waals surface area contributed by atoms with Gasteiger partial charge in [-0.3, -0.25) is 4.90 Å². The molecular weight excluding hydrogens is 228 g/mol. The third-order valence-corrected chi connectivity index (χ3v) is 4.63. The van der Waals surface area contributed by atoms with Crippen LogP contribution in [-0.4, -0.2) is 31.1 Å². The van der Waals surface area contributed by atoms with E-state index < -0.39 is 0 Å². The van der Waals surface area contributed by atoms with Gasteiger partial charge in [0, 0.05) is 17.5 Å². The van der Waals surface area contributed by atoms with Gasteiger partial charge in [-0.25, -0.2) is 0 Å². The zero-order chi connectivity index (χ0) is 12.1. The Labute approximate surface area is 109 Å². The van der Waals surface area contributed by atoms with Gasteiger partial charge in [0.2, 0.25) is 0 Å². The second kappa shape index (κ2) is 6.53. The molecule has 1 aliphatic heterocycles. The third-order valence-electron chi connectivity index (χ3n) is 3.63. The summed E-state index contributed by atoms with van der Waals surface area (Å²) in [4.78, 5) is 4.24. The van der Waals surface area contributed by atoms with Gasteiger partial charge in [-0.2, -0.15) is 0 Å². The molecule has 0 aromatic carbocycles. The Morgan fingerprint density at radius 2 is 2.35 bits per heavy atom. The topological polar surface area (TPSA) is 15.3 Å². The first-order valence-electron chi connectivity index (χ1n) is 6.84. The van der Waals surface area contributed by atoms with Crippen LogP contribution in [0.2, 0.25) is 0 Å². The summed E-state index contributed by atoms with van der Waals surface area (Å²) >= 11 is 1.93. The zero-order valence-electron chi connectivity index (χ0n) is 11.0. The molecule has 3 heteroatoms. The average Bonchev–Trinajstić information content (AvgIpc) is 2.80. The Kier molecular flexibility index (Phi) is 5.01. The summed E-state index contributed by atoms with van der Waals surface area (Å²) < 4.78 is 0. The molecule has 1 atom stereocenters. The van der Waals surface area contributed by atoms with Gasteiger partial charge >= 0.3 is 0 Å². The molecule has 1 unspecified atom stereocenters. The SMILES string of the molecule is CCCNCCCN1CCc2sccc2C1C. The summed E-state index contributed by atoms with van der Waals surface area (Å²) in [6.45, 7) is 9.36. The molecule has 2 nitrogen and oxygen atoms in total. The Morgan fingerprint density at radius 1 is 1.47 bits per heavy atom. The van der Waals surface area contributed by atoms with Gasteiger partial charge in [-0.05, 0) is 62.8 Å². The maximum atomic E-state index is 3.48. The number of hydrogen-bond acceptors (Lipinski definition) is 3. The minimum absolute atomic E-state index is 0.621. The average molecular weight is 252 g/mol. The van der Waals surface area contributed by atoms with Crippen LogP contribution >= 0.6 is 11.3 Å². The fraction of sp³-hybridized carbons (Fsp3) is 0.714. The van der Waals surface area contributed by atoms with Gasteiger partial charge in [0.1, 0.15) is 0 Å². The molecular formula is C14H24N2S. The van der Waals surface area contributed by atoms with E-state index in [1.165, 1.54) is 32.4 Å². The molecule has 1 aromatic rings. The molecule has 1 N–H and O–H groups in total. The molecule has 96 valence electrons. The molecule has 17 heavy (non-hydrogen) atoms. The predicted octanol–water partition coefficient (Wildman–Crippen LogP) is 3.06. The Hall–Kier alpha value is -0.380. The molecule has 0 saturated heterocycles. The summed E-state index contributed by atoms with van der Waals surface area (Å²) in [5.41, 5.74) is 1.57. The highest BCUT2D eigenvalue weighted by atomic mass is 32.1. The van der Waals surface area contributed by atoms with Crippen molar-refractivity contribution in [1.82, 2.24) is 10.2 Å². The van der Waals surface area contributed by atoms with Crippen molar-refractivity contribution in [1.29, 1.82) is 0 Å². The molecule has 2 heterocycles. The Morgan fingerprint density at radius 3 is 3.18 bits per heavy atom. The van der Waals surface area contributed by atoms with E-state index in [0.29, 0.717) is 6.04 Å². The fourth-order valence-electron chi connectivity index (χ4n) is 2.58. The van der Waals surface area contributed by atoms with Crippen LogP contribution in [0.4, 0.5) is 0 Å². The maximum Gasteiger partial charge on any atom is 0.0331 e. The first-order valence-corrected chi connectivity index (χ1v) is 7.72. The molecule has 0 bridgehead atoms. The summed E-state index contributed by atoms with van der Waals surface area (Å²) in [5.74, 6) is 0. The lowest BCUT2D eigenvalue weighted by molar-refractivity contribution is 0.197. The second-order valence-electron chi connectivity index (χ2n) is 4.86. The summed E-state index contributed by atoms with van der Waals surface area (Å²) in [5, 5.41) is 5.72. The van der Waals surface area contributed by atoms with Gasteiger partial charge in [0.25, 0.3) is 0 Å². The van der Waals surface area contributed by atoms with Gasteiger partial charge in [-0.1, -0.05) is 6.92 Å². The summed E-state index contributed by atoms with van der Waals surface area (Å²) in [7, 11) is 0. The number of nitrogens with zero attached hydrogens (tertiary/aromatic N) is 1. The number of fused-ring (bicyclic) bond motifs is 1. The van der Waals surface area contributed by atoms with Crippen LogP contribution in [0.1, 0.15) is 43.2 Å². The standard InChI is InChI=1S/C14H24N2S/c1-3-7-15-8-4-9-16-10-5-14-13(12(16)2)6-11-17-14/h6,11-12,15H,3-5,7-10H2,1-2H3. The summed E-state index contributed by atoms with van der Waals surface area (Å²) in [6.07, 6.45) is 3.75. The lowest BCUT2D eigenvalue weighted by Gasteiger charge is -2.33. The minimum Gasteiger partial charge on any atom is -0.317 e. The van der Waals surface area contributed by atoms with E-state index in [9.17, 15) is 0 Å². The van der Waals surface area contributed by atoms with Crippen LogP contribution in [0.3, 0.4) is 0 Å². The van der Waals surface area contributed by atoms with E-state index in [4.69, 9.17) is 0 Å². The van der Waals surface area contributed by atoms with Crippen molar-refractivity contribution in [3.63, 3.8) is 0 Å². The number of thiophene rings is 1. The highest BCUT2D eigenvalue weighted by Crippen LogP contribution is 2.32. The smallest absolute Gasteiger partial charge is 0.0331 e. The second-order valence-corrected chi connectivity index (χ2v) is 5.87. The lowest BCUT2D eigenvalue weighted by Crippen LogP contribution is -2.35. The van der Waals surface area contributed by atoms with E-state index in [1.54, 1.807) is 10.4 Å². The monoisotopic (exact) mass is 252 g/mol. The molecule has 1 aliphatic rings. The Bertz CT molecular complexity index is 335. The van der Waals surface area contributed by atoms with E-state index in [-0.39, 0.29) is 0 Å². The van der Waals surface area contributed by atoms with Crippen LogP contribution in [0.25, 0.3) is 0 Å². The molecule has 0 spiro atoms. The molecule has 2 rings (SSSR count). The van der Waals surface area contributed by atoms with Crippen LogP contribution in [-0.2, 0) is 6.42 Å². The lowest BCUT2D eigenvalue weighted by atomic mass is 10.0. The highest BCUT2D eigenvalue weighted by molar-refractivity contribution is 7.10. The van der Waals surface area contributed by atoms with Gasteiger partial charge in [-0.15, -0.1) is 11.3 Å². The fourth-order valence-corrected chi connectivity index (χ4v) is 3.54. The Balaban J connectivity index is 1.76. The molecule has 0 amide bonds. The summed E-state index contributed by atoms with van der Waals surface area (Å²) in [6, 6.07) is 2.93. The van der Waals surface area contributed by atoms with E-state index in [2.05, 4.69) is 35.5 Å². The predicted molar refractivity (Wildman–Crippen MR) is 75.8 cm³/mol. The maximum absolute atomic E-state index is 3.48. The highest BCUT2D eigenvalue weighted by Gasteiger charge is 2.23. The third kappa shape index (κ3) is 3.30. The van der Waals surface area contributed by atoms with Crippen molar-refractivity contribution >= 4 is 11.3 Å². The van der Waals surface area contributed by atoms with Crippen LogP contribution in [0.15, 0.2) is 11.4 Å². The van der Waals surface area contributed by atoms with Crippen molar-refractivity contribution in [2.24, 2.45) is 0 Å². The first-order chi connectivity index (χ1) is 8.33. The van der Waals surface area contributed by atoms with Crippen LogP contribution in [0.5, 0.6) is 0 Å². The van der Waals surface area contributed by atoms with Gasteiger partial charge in [0.15, 0.2) is 0 Å². The van der Waals surface area contributed by atoms with Crippen LogP contribution < -0.4 is 5.32 Å².